The normalized spacial score (nSPS) is 21.3. The molecule has 8 heteroatoms. The highest BCUT2D eigenvalue weighted by Gasteiger charge is 2.43. The molecule has 2 atom stereocenters. The van der Waals surface area contributed by atoms with Crippen LogP contribution < -0.4 is 5.32 Å². The Kier molecular flexibility index (Phi) is 5.95. The third-order valence-electron chi connectivity index (χ3n) is 6.00. The zero-order valence-electron chi connectivity index (χ0n) is 17.4. The summed E-state index contributed by atoms with van der Waals surface area (Å²) in [6.07, 6.45) is 0.468. The van der Waals surface area contributed by atoms with Crippen LogP contribution in [0.5, 0.6) is 0 Å². The van der Waals surface area contributed by atoms with Gasteiger partial charge < -0.3 is 10.2 Å². The first-order valence-electron chi connectivity index (χ1n) is 10.6. The molecule has 5 rings (SSSR count). The van der Waals surface area contributed by atoms with Crippen molar-refractivity contribution in [3.63, 3.8) is 0 Å². The predicted molar refractivity (Wildman–Crippen MR) is 125 cm³/mol. The van der Waals surface area contributed by atoms with Crippen molar-refractivity contribution >= 4 is 34.8 Å². The summed E-state index contributed by atoms with van der Waals surface area (Å²) in [5.74, 6) is -0.0952. The first-order chi connectivity index (χ1) is 15.6. The Labute approximate surface area is 195 Å². The highest BCUT2D eigenvalue weighted by Crippen LogP contribution is 2.24. The number of carbonyl (C=O) groups is 2. The van der Waals surface area contributed by atoms with E-state index in [4.69, 9.17) is 16.6 Å². The van der Waals surface area contributed by atoms with Gasteiger partial charge in [0, 0.05) is 42.0 Å². The van der Waals surface area contributed by atoms with Crippen LogP contribution in [0, 0.1) is 0 Å². The summed E-state index contributed by atoms with van der Waals surface area (Å²) in [6, 6.07) is 16.5. The molecule has 164 valence electrons. The second-order valence-electron chi connectivity index (χ2n) is 8.17. The first-order valence-corrected chi connectivity index (χ1v) is 11.9. The number of amides is 2. The lowest BCUT2D eigenvalue weighted by Crippen LogP contribution is -2.69. The van der Waals surface area contributed by atoms with Gasteiger partial charge in [0.05, 0.1) is 12.2 Å². The maximum absolute atomic E-state index is 13.1. The molecule has 0 aliphatic carbocycles. The van der Waals surface area contributed by atoms with E-state index < -0.39 is 12.1 Å². The molecule has 1 N–H and O–H groups in total. The minimum absolute atomic E-state index is 0.00943. The number of hydrogen-bond donors (Lipinski definition) is 1. The molecule has 0 spiro atoms. The first kappa shape index (κ1) is 21.1. The van der Waals surface area contributed by atoms with Gasteiger partial charge in [-0.3, -0.25) is 14.5 Å². The lowest BCUT2D eigenvalue weighted by molar-refractivity contribution is -0.153. The molecule has 1 aromatic heterocycles. The number of hydrogen-bond acceptors (Lipinski definition) is 5. The number of benzene rings is 2. The van der Waals surface area contributed by atoms with Gasteiger partial charge in [-0.2, -0.15) is 0 Å². The second kappa shape index (κ2) is 9.02. The lowest BCUT2D eigenvalue weighted by Gasteiger charge is -2.45. The number of halogens is 1. The van der Waals surface area contributed by atoms with Gasteiger partial charge in [-0.1, -0.05) is 54.1 Å². The molecular weight excluding hydrogens is 444 g/mol. The van der Waals surface area contributed by atoms with Gasteiger partial charge in [-0.05, 0) is 17.7 Å². The number of nitrogens with one attached hydrogen (secondary N) is 1. The third kappa shape index (κ3) is 4.41. The fourth-order valence-corrected chi connectivity index (χ4v) is 5.28. The number of piperazine rings is 2. The fourth-order valence-electron chi connectivity index (χ4n) is 4.31. The molecule has 2 fully saturated rings. The second-order valence-corrected chi connectivity index (χ2v) is 9.55. The van der Waals surface area contributed by atoms with Gasteiger partial charge in [0.2, 0.25) is 11.8 Å². The van der Waals surface area contributed by atoms with E-state index in [1.54, 1.807) is 28.4 Å². The van der Waals surface area contributed by atoms with Crippen molar-refractivity contribution in [2.45, 2.75) is 25.0 Å². The average molecular weight is 467 g/mol. The zero-order valence-corrected chi connectivity index (χ0v) is 19.0. The number of nitrogens with zero attached hydrogens (tertiary/aromatic N) is 3. The van der Waals surface area contributed by atoms with Crippen molar-refractivity contribution in [1.82, 2.24) is 20.1 Å². The van der Waals surface area contributed by atoms with Crippen LogP contribution in [0.2, 0.25) is 5.02 Å². The summed E-state index contributed by atoms with van der Waals surface area (Å²) in [4.78, 5) is 34.6. The van der Waals surface area contributed by atoms with Crippen LogP contribution in [0.15, 0.2) is 60.0 Å². The Balaban J connectivity index is 1.22. The van der Waals surface area contributed by atoms with Crippen molar-refractivity contribution in [1.29, 1.82) is 0 Å². The summed E-state index contributed by atoms with van der Waals surface area (Å²) in [6.45, 7) is 2.47. The number of aromatic nitrogens is 1. The molecule has 6 nitrogen and oxygen atoms in total. The molecule has 2 aliphatic rings. The topological polar surface area (TPSA) is 65.5 Å². The molecule has 3 heterocycles. The van der Waals surface area contributed by atoms with E-state index in [9.17, 15) is 9.59 Å². The monoisotopic (exact) mass is 466 g/mol. The van der Waals surface area contributed by atoms with Crippen LogP contribution in [0.1, 0.15) is 10.6 Å². The molecule has 0 bridgehead atoms. The van der Waals surface area contributed by atoms with E-state index in [1.165, 1.54) is 0 Å². The molecular formula is C24H23ClN4O2S. The Morgan fingerprint density at radius 3 is 2.62 bits per heavy atom. The van der Waals surface area contributed by atoms with Crippen molar-refractivity contribution in [2.75, 3.05) is 19.6 Å². The van der Waals surface area contributed by atoms with E-state index in [2.05, 4.69) is 27.7 Å². The Bertz CT molecular complexity index is 1120. The molecule has 0 radical (unpaired) electrons. The van der Waals surface area contributed by atoms with Crippen LogP contribution in [0.4, 0.5) is 0 Å². The van der Waals surface area contributed by atoms with E-state index in [-0.39, 0.29) is 11.8 Å². The Morgan fingerprint density at radius 1 is 1.06 bits per heavy atom. The van der Waals surface area contributed by atoms with Gasteiger partial charge in [0.1, 0.15) is 17.1 Å². The van der Waals surface area contributed by atoms with Gasteiger partial charge in [-0.15, -0.1) is 11.3 Å². The maximum Gasteiger partial charge on any atom is 0.246 e. The SMILES string of the molecule is O=C1N[C@@H](Cc2ccc(Cl)cc2)C(=O)N2CCN(Cc3nc(-c4ccccc4)cs3)C[C@H]12. The van der Waals surface area contributed by atoms with Crippen molar-refractivity contribution < 1.29 is 9.59 Å². The quantitative estimate of drug-likeness (QED) is 0.627. The summed E-state index contributed by atoms with van der Waals surface area (Å²) in [5, 5.41) is 6.67. The van der Waals surface area contributed by atoms with Crippen LogP contribution >= 0.6 is 22.9 Å². The summed E-state index contributed by atoms with van der Waals surface area (Å²) < 4.78 is 0. The van der Waals surface area contributed by atoms with Crippen molar-refractivity contribution in [2.24, 2.45) is 0 Å². The fraction of sp³-hybridized carbons (Fsp3) is 0.292. The smallest absolute Gasteiger partial charge is 0.246 e. The van der Waals surface area contributed by atoms with E-state index >= 15 is 0 Å². The van der Waals surface area contributed by atoms with Crippen LogP contribution in [-0.2, 0) is 22.6 Å². The highest BCUT2D eigenvalue weighted by molar-refractivity contribution is 7.09. The van der Waals surface area contributed by atoms with E-state index in [1.807, 2.05) is 30.3 Å². The standard InChI is InChI=1S/C24H23ClN4O2S/c25-18-8-6-16(7-9-18)12-19-24(31)29-11-10-28(13-21(29)23(30)27-19)14-22-26-20(15-32-22)17-4-2-1-3-5-17/h1-9,15,19,21H,10-14H2,(H,27,30)/t19-,21+/m0/s1. The van der Waals surface area contributed by atoms with Crippen LogP contribution in [-0.4, -0.2) is 58.3 Å². The third-order valence-corrected chi connectivity index (χ3v) is 7.08. The summed E-state index contributed by atoms with van der Waals surface area (Å²) >= 11 is 7.58. The van der Waals surface area contributed by atoms with Crippen LogP contribution in [0.25, 0.3) is 11.3 Å². The predicted octanol–water partition coefficient (Wildman–Crippen LogP) is 3.22. The highest BCUT2D eigenvalue weighted by atomic mass is 35.5. The van der Waals surface area contributed by atoms with Gasteiger partial charge in [0.15, 0.2) is 0 Å². The number of carbonyl (C=O) groups excluding carboxylic acids is 2. The summed E-state index contributed by atoms with van der Waals surface area (Å²) in [7, 11) is 0. The summed E-state index contributed by atoms with van der Waals surface area (Å²) in [5.41, 5.74) is 3.05. The van der Waals surface area contributed by atoms with Gasteiger partial charge >= 0.3 is 0 Å². The Hall–Kier alpha value is -2.74. The number of fused-ring (bicyclic) bond motifs is 1. The molecule has 0 unspecified atom stereocenters. The zero-order chi connectivity index (χ0) is 22.1. The molecule has 2 amide bonds. The molecule has 2 saturated heterocycles. The number of thiazole rings is 1. The lowest BCUT2D eigenvalue weighted by atomic mass is 9.98. The van der Waals surface area contributed by atoms with Gasteiger partial charge in [0.25, 0.3) is 0 Å². The molecule has 2 aliphatic heterocycles. The Morgan fingerprint density at radius 2 is 1.84 bits per heavy atom. The van der Waals surface area contributed by atoms with Crippen LogP contribution in [0.3, 0.4) is 0 Å². The van der Waals surface area contributed by atoms with Gasteiger partial charge in [-0.25, -0.2) is 4.98 Å². The van der Waals surface area contributed by atoms with E-state index in [0.29, 0.717) is 31.1 Å². The molecule has 0 saturated carbocycles. The number of rotatable bonds is 5. The average Bonchev–Trinajstić information content (AvgIpc) is 3.28. The largest absolute Gasteiger partial charge is 0.342 e. The molecule has 2 aromatic carbocycles. The van der Waals surface area contributed by atoms with Crippen molar-refractivity contribution in [3.05, 3.63) is 75.6 Å². The minimum atomic E-state index is -0.529. The minimum Gasteiger partial charge on any atom is -0.342 e. The maximum atomic E-state index is 13.1. The molecule has 3 aromatic rings. The molecule has 32 heavy (non-hydrogen) atoms. The van der Waals surface area contributed by atoms with E-state index in [0.717, 1.165) is 28.4 Å². The van der Waals surface area contributed by atoms with Crippen molar-refractivity contribution in [3.8, 4) is 11.3 Å².